The van der Waals surface area contributed by atoms with Gasteiger partial charge in [0.25, 0.3) is 0 Å². The molecule has 0 saturated carbocycles. The van der Waals surface area contributed by atoms with Gasteiger partial charge in [0, 0.05) is 71.4 Å². The van der Waals surface area contributed by atoms with Gasteiger partial charge in [0.1, 0.15) is 23.8 Å². The lowest BCUT2D eigenvalue weighted by Gasteiger charge is -2.36. The Labute approximate surface area is 160 Å². The smallest absolute Gasteiger partial charge is 0.134 e. The molecule has 27 heavy (non-hydrogen) atoms. The monoisotopic (exact) mass is 371 g/mol. The molecule has 0 radical (unpaired) electrons. The molecule has 8 heteroatoms. The first-order valence-electron chi connectivity index (χ1n) is 9.84. The highest BCUT2D eigenvalue weighted by Crippen LogP contribution is 2.24. The fourth-order valence-corrected chi connectivity index (χ4v) is 3.99. The van der Waals surface area contributed by atoms with Crippen LogP contribution in [-0.2, 0) is 13.6 Å². The lowest BCUT2D eigenvalue weighted by molar-refractivity contribution is 0.208. The number of hydrogen-bond donors (Lipinski definition) is 1. The number of hydrogen-bond acceptors (Lipinski definition) is 7. The minimum absolute atomic E-state index is 0.256. The number of nitrogens with zero attached hydrogens (tertiary/aromatic N) is 7. The Hall–Kier alpha value is -2.19. The van der Waals surface area contributed by atoms with Crippen LogP contribution in [0.2, 0.25) is 0 Å². The second-order valence-corrected chi connectivity index (χ2v) is 7.59. The first-order chi connectivity index (χ1) is 13.2. The number of aliphatic hydroxyl groups excluding tert-OH is 1. The zero-order valence-corrected chi connectivity index (χ0v) is 16.0. The molecule has 0 aromatic carbocycles. The molecule has 1 N–H and O–H groups in total. The quantitative estimate of drug-likeness (QED) is 0.831. The van der Waals surface area contributed by atoms with Gasteiger partial charge in [-0.1, -0.05) is 0 Å². The number of piperazine rings is 1. The van der Waals surface area contributed by atoms with Crippen LogP contribution in [0.3, 0.4) is 0 Å². The summed E-state index contributed by atoms with van der Waals surface area (Å²) >= 11 is 0. The average Bonchev–Trinajstić information content (AvgIpc) is 3.13. The van der Waals surface area contributed by atoms with Crippen LogP contribution in [-0.4, -0.2) is 75.4 Å². The molecule has 4 rings (SSSR count). The molecule has 1 unspecified atom stereocenters. The summed E-state index contributed by atoms with van der Waals surface area (Å²) in [5.41, 5.74) is 0. The van der Waals surface area contributed by atoms with Crippen LogP contribution in [0.25, 0.3) is 0 Å². The first-order valence-corrected chi connectivity index (χ1v) is 9.84. The van der Waals surface area contributed by atoms with Crippen molar-refractivity contribution in [1.82, 2.24) is 24.4 Å². The fourth-order valence-electron chi connectivity index (χ4n) is 3.99. The molecule has 2 aromatic rings. The molecule has 0 amide bonds. The third-order valence-electron chi connectivity index (χ3n) is 5.72. The zero-order chi connectivity index (χ0) is 18.6. The molecule has 8 nitrogen and oxygen atoms in total. The van der Waals surface area contributed by atoms with Crippen LogP contribution in [0.1, 0.15) is 18.7 Å². The van der Waals surface area contributed by atoms with Gasteiger partial charge in [-0.3, -0.25) is 4.90 Å². The third kappa shape index (κ3) is 4.22. The van der Waals surface area contributed by atoms with Crippen molar-refractivity contribution in [3.63, 3.8) is 0 Å². The highest BCUT2D eigenvalue weighted by molar-refractivity contribution is 5.50. The number of rotatable bonds is 5. The first kappa shape index (κ1) is 18.2. The van der Waals surface area contributed by atoms with Crippen LogP contribution in [0.15, 0.2) is 24.8 Å². The van der Waals surface area contributed by atoms with Crippen LogP contribution < -0.4 is 9.80 Å². The van der Waals surface area contributed by atoms with Gasteiger partial charge >= 0.3 is 0 Å². The zero-order valence-electron chi connectivity index (χ0n) is 16.0. The van der Waals surface area contributed by atoms with E-state index in [2.05, 4.69) is 40.3 Å². The van der Waals surface area contributed by atoms with E-state index >= 15 is 0 Å². The molecule has 2 fully saturated rings. The molecule has 2 aliphatic heterocycles. The summed E-state index contributed by atoms with van der Waals surface area (Å²) in [6.07, 6.45) is 7.73. The van der Waals surface area contributed by atoms with Crippen LogP contribution in [0, 0.1) is 5.92 Å². The molecule has 2 saturated heterocycles. The van der Waals surface area contributed by atoms with Crippen molar-refractivity contribution in [2.75, 3.05) is 55.7 Å². The summed E-state index contributed by atoms with van der Waals surface area (Å²) in [6.45, 7) is 6.95. The summed E-state index contributed by atoms with van der Waals surface area (Å²) in [7, 11) is 2.04. The van der Waals surface area contributed by atoms with Crippen LogP contribution in [0.4, 0.5) is 11.6 Å². The minimum Gasteiger partial charge on any atom is -0.396 e. The Morgan fingerprint density at radius 2 is 1.81 bits per heavy atom. The molecule has 4 heterocycles. The van der Waals surface area contributed by atoms with Gasteiger partial charge in [-0.25, -0.2) is 15.0 Å². The Kier molecular flexibility index (Phi) is 5.54. The second kappa shape index (κ2) is 8.22. The SMILES string of the molecule is Cn1ccnc1CN1CCN(c2cc(N3CCCC(CO)C3)ncn2)CC1. The number of imidazole rings is 1. The molecular formula is C19H29N7O. The van der Waals surface area contributed by atoms with Crippen molar-refractivity contribution in [3.8, 4) is 0 Å². The van der Waals surface area contributed by atoms with E-state index < -0.39 is 0 Å². The molecule has 0 aliphatic carbocycles. The highest BCUT2D eigenvalue weighted by Gasteiger charge is 2.23. The minimum atomic E-state index is 0.256. The van der Waals surface area contributed by atoms with Gasteiger partial charge in [-0.15, -0.1) is 0 Å². The Morgan fingerprint density at radius 1 is 1.04 bits per heavy atom. The lowest BCUT2D eigenvalue weighted by atomic mass is 9.99. The normalized spacial score (nSPS) is 21.6. The van der Waals surface area contributed by atoms with E-state index in [9.17, 15) is 5.11 Å². The highest BCUT2D eigenvalue weighted by atomic mass is 16.3. The fraction of sp³-hybridized carbons (Fsp3) is 0.632. The summed E-state index contributed by atoms with van der Waals surface area (Å²) in [6, 6.07) is 2.11. The molecule has 146 valence electrons. The van der Waals surface area contributed by atoms with E-state index in [0.29, 0.717) is 5.92 Å². The molecule has 2 aromatic heterocycles. The van der Waals surface area contributed by atoms with Gasteiger partial charge in [-0.05, 0) is 18.8 Å². The van der Waals surface area contributed by atoms with E-state index in [1.807, 2.05) is 19.4 Å². The van der Waals surface area contributed by atoms with Gasteiger partial charge in [-0.2, -0.15) is 0 Å². The predicted octanol–water partition coefficient (Wildman–Crippen LogP) is 0.741. The summed E-state index contributed by atoms with van der Waals surface area (Å²) in [5, 5.41) is 9.47. The van der Waals surface area contributed by atoms with Gasteiger partial charge in [0.2, 0.25) is 0 Å². The van der Waals surface area contributed by atoms with Gasteiger partial charge in [0.05, 0.1) is 6.54 Å². The summed E-state index contributed by atoms with van der Waals surface area (Å²) < 4.78 is 2.08. The van der Waals surface area contributed by atoms with Crippen molar-refractivity contribution in [1.29, 1.82) is 0 Å². The van der Waals surface area contributed by atoms with E-state index in [4.69, 9.17) is 0 Å². The van der Waals surface area contributed by atoms with Crippen molar-refractivity contribution in [3.05, 3.63) is 30.6 Å². The van der Waals surface area contributed by atoms with E-state index in [-0.39, 0.29) is 6.61 Å². The van der Waals surface area contributed by atoms with Crippen molar-refractivity contribution >= 4 is 11.6 Å². The third-order valence-corrected chi connectivity index (χ3v) is 5.72. The number of aromatic nitrogens is 4. The predicted molar refractivity (Wildman–Crippen MR) is 105 cm³/mol. The number of anilines is 2. The van der Waals surface area contributed by atoms with Crippen LogP contribution >= 0.6 is 0 Å². The average molecular weight is 371 g/mol. The molecule has 2 aliphatic rings. The van der Waals surface area contributed by atoms with Crippen molar-refractivity contribution in [2.24, 2.45) is 13.0 Å². The Bertz CT molecular complexity index is 741. The summed E-state index contributed by atoms with van der Waals surface area (Å²) in [5.74, 6) is 3.44. The maximum Gasteiger partial charge on any atom is 0.134 e. The standard InChI is InChI=1S/C19H29N7O/c1-23-6-4-20-19(23)13-24-7-9-25(10-8-24)17-11-18(22-15-21-17)26-5-2-3-16(12-26)14-27/h4,6,11,15-16,27H,2-3,5,7-10,12-14H2,1H3. The number of aryl methyl sites for hydroxylation is 1. The van der Waals surface area contributed by atoms with E-state index in [0.717, 1.165) is 76.1 Å². The van der Waals surface area contributed by atoms with Crippen molar-refractivity contribution < 1.29 is 5.11 Å². The van der Waals surface area contributed by atoms with Crippen LogP contribution in [0.5, 0.6) is 0 Å². The molecule has 0 bridgehead atoms. The number of piperidine rings is 1. The Morgan fingerprint density at radius 3 is 2.52 bits per heavy atom. The Balaban J connectivity index is 1.36. The van der Waals surface area contributed by atoms with Gasteiger partial charge in [0.15, 0.2) is 0 Å². The molecule has 1 atom stereocenters. The van der Waals surface area contributed by atoms with Crippen molar-refractivity contribution in [2.45, 2.75) is 19.4 Å². The topological polar surface area (TPSA) is 73.6 Å². The molecular weight excluding hydrogens is 342 g/mol. The second-order valence-electron chi connectivity index (χ2n) is 7.59. The maximum atomic E-state index is 9.47. The largest absolute Gasteiger partial charge is 0.396 e. The lowest BCUT2D eigenvalue weighted by Crippen LogP contribution is -2.46. The molecule has 0 spiro atoms. The number of aliphatic hydroxyl groups is 1. The van der Waals surface area contributed by atoms with E-state index in [1.54, 1.807) is 6.33 Å². The van der Waals surface area contributed by atoms with Gasteiger partial charge < -0.3 is 19.5 Å². The maximum absolute atomic E-state index is 9.47. The summed E-state index contributed by atoms with van der Waals surface area (Å²) in [4.78, 5) is 20.5. The van der Waals surface area contributed by atoms with E-state index in [1.165, 1.54) is 0 Å².